The van der Waals surface area contributed by atoms with Crippen LogP contribution in [0.1, 0.15) is 62.3 Å². The minimum atomic E-state index is -0.601. The summed E-state index contributed by atoms with van der Waals surface area (Å²) in [5.74, 6) is -3.24. The van der Waals surface area contributed by atoms with Crippen molar-refractivity contribution in [3.63, 3.8) is 0 Å². The van der Waals surface area contributed by atoms with Gasteiger partial charge in [0.2, 0.25) is 0 Å². The molecule has 0 radical (unpaired) electrons. The number of phenolic OH excluding ortho intramolecular Hbond substituents is 20. The molecule has 2 aliphatic rings. The monoisotopic (exact) mass is 1400 g/mol. The third-order valence-electron chi connectivity index (χ3n) is 16.3. The maximum atomic E-state index is 11.7. The van der Waals surface area contributed by atoms with Crippen molar-refractivity contribution in [3.8, 4) is 126 Å². The SMILES string of the molecule is O=C(NCc1ccc(O)c(O)c1)Nc1ccc(O)c(O)c1.Oc1cc(O)c2c(c1)OC(c1ccc(O)c(O)c1)C(NCCc1ccc(O)c(O)c1)C2.Oc1cc(O)c2c(c1)OC(c1ccc(O)c(O)c1)C(NCc1ccc(O)c(O)c1)C2.Oc1ccc(CCNCc2ccc(O)c(O)c2)cc1O. The Kier molecular flexibility index (Phi) is 23.7. The molecule has 534 valence electrons. The van der Waals surface area contributed by atoms with Crippen molar-refractivity contribution < 1.29 is 116 Å². The number of hydrogen-bond acceptors (Lipinski definition) is 26. The molecule has 102 heavy (non-hydrogen) atoms. The summed E-state index contributed by atoms with van der Waals surface area (Å²) in [7, 11) is 0. The maximum absolute atomic E-state index is 11.7. The van der Waals surface area contributed by atoms with Crippen LogP contribution < -0.4 is 36.1 Å². The highest BCUT2D eigenvalue weighted by molar-refractivity contribution is 5.89. The lowest BCUT2D eigenvalue weighted by Crippen LogP contribution is -2.42. The fourth-order valence-corrected chi connectivity index (χ4v) is 10.9. The van der Waals surface area contributed by atoms with Gasteiger partial charge in [-0.15, -0.1) is 0 Å². The first-order valence-corrected chi connectivity index (χ1v) is 31.4. The van der Waals surface area contributed by atoms with E-state index in [1.54, 1.807) is 42.5 Å². The van der Waals surface area contributed by atoms with Gasteiger partial charge in [-0.3, -0.25) is 0 Å². The number of carbonyl (C=O) groups is 1. The van der Waals surface area contributed by atoms with Gasteiger partial charge in [0, 0.05) is 66.8 Å². The Morgan fingerprint density at radius 3 is 1.08 bits per heavy atom. The number of carbonyl (C=O) groups excluding carboxylic acids is 1. The molecule has 2 heterocycles. The van der Waals surface area contributed by atoms with Crippen LogP contribution in [0, 0.1) is 0 Å². The van der Waals surface area contributed by atoms with E-state index < -0.39 is 18.2 Å². The molecule has 0 spiro atoms. The van der Waals surface area contributed by atoms with Crippen molar-refractivity contribution >= 4 is 11.7 Å². The average molecular weight is 1400 g/mol. The molecule has 0 saturated heterocycles. The number of anilines is 1. The van der Waals surface area contributed by atoms with E-state index in [-0.39, 0.29) is 134 Å². The van der Waals surface area contributed by atoms with Crippen molar-refractivity contribution in [2.75, 3.05) is 18.4 Å². The van der Waals surface area contributed by atoms with Crippen molar-refractivity contribution in [3.05, 3.63) is 220 Å². The smallest absolute Gasteiger partial charge is 0.319 e. The zero-order valence-corrected chi connectivity index (χ0v) is 54.0. The number of aromatic hydroxyl groups is 20. The molecule has 28 heteroatoms. The normalized spacial score (nSPS) is 14.8. The van der Waals surface area contributed by atoms with E-state index in [4.69, 9.17) is 14.6 Å². The van der Waals surface area contributed by atoms with Crippen LogP contribution in [0.5, 0.6) is 126 Å². The second-order valence-electron chi connectivity index (χ2n) is 23.7. The molecule has 4 unspecified atom stereocenters. The quantitative estimate of drug-likeness (QED) is 0.0229. The molecular formula is C74H75N5O23. The molecule has 0 aliphatic carbocycles. The molecule has 10 aromatic rings. The Morgan fingerprint density at radius 2 is 0.667 bits per heavy atom. The highest BCUT2D eigenvalue weighted by atomic mass is 16.5. The molecule has 0 bridgehead atoms. The predicted octanol–water partition coefficient (Wildman–Crippen LogP) is 9.22. The summed E-state index contributed by atoms with van der Waals surface area (Å²) >= 11 is 0. The topological polar surface area (TPSA) is 500 Å². The van der Waals surface area contributed by atoms with Crippen LogP contribution in [-0.4, -0.2) is 133 Å². The van der Waals surface area contributed by atoms with E-state index in [0.29, 0.717) is 96.9 Å². The van der Waals surface area contributed by atoms with Gasteiger partial charge in [-0.2, -0.15) is 0 Å². The number of fused-ring (bicyclic) bond motifs is 2. The van der Waals surface area contributed by atoms with Crippen LogP contribution in [0.25, 0.3) is 0 Å². The van der Waals surface area contributed by atoms with Crippen LogP contribution in [0.2, 0.25) is 0 Å². The van der Waals surface area contributed by atoms with E-state index >= 15 is 0 Å². The Morgan fingerprint density at radius 1 is 0.324 bits per heavy atom. The predicted molar refractivity (Wildman–Crippen MR) is 369 cm³/mol. The second kappa shape index (κ2) is 33.0. The molecule has 0 aromatic heterocycles. The van der Waals surface area contributed by atoms with Crippen LogP contribution >= 0.6 is 0 Å². The number of nitrogens with one attached hydrogen (secondary N) is 5. The van der Waals surface area contributed by atoms with Gasteiger partial charge in [0.1, 0.15) is 46.7 Å². The molecule has 0 fully saturated rings. The molecule has 0 saturated carbocycles. The molecule has 28 nitrogen and oxygen atoms in total. The molecule has 25 N–H and O–H groups in total. The molecular weight excluding hydrogens is 1330 g/mol. The number of rotatable bonds is 17. The highest BCUT2D eigenvalue weighted by Crippen LogP contribution is 2.45. The second-order valence-corrected chi connectivity index (χ2v) is 23.7. The van der Waals surface area contributed by atoms with E-state index in [0.717, 1.165) is 22.3 Å². The van der Waals surface area contributed by atoms with Gasteiger partial charge in [0.05, 0.1) is 12.1 Å². The third kappa shape index (κ3) is 19.4. The van der Waals surface area contributed by atoms with Crippen LogP contribution in [0.15, 0.2) is 170 Å². The number of benzene rings is 10. The van der Waals surface area contributed by atoms with Gasteiger partial charge in [-0.05, 0) is 175 Å². The van der Waals surface area contributed by atoms with Crippen molar-refractivity contribution in [1.82, 2.24) is 21.3 Å². The highest BCUT2D eigenvalue weighted by Gasteiger charge is 2.35. The van der Waals surface area contributed by atoms with Crippen molar-refractivity contribution in [1.29, 1.82) is 0 Å². The zero-order valence-electron chi connectivity index (χ0n) is 54.0. The first-order chi connectivity index (χ1) is 48.6. The van der Waals surface area contributed by atoms with Gasteiger partial charge < -0.3 is 138 Å². The minimum absolute atomic E-state index is 0.0720. The number of amides is 2. The standard InChI is InChI=1S/C23H23NO7.C22H21NO7.C15H17NO4.C14H14N2O5/c25-14-9-19(28)15-11-16(24-6-5-12-1-3-17(26)20(29)7-12)23(31-22(15)10-14)13-2-4-18(27)21(30)8-13;24-13-7-18(27)14-9-15(23-10-11-1-3-16(25)19(28)5-11)22(30-21(14)8-13)12-2-4-17(26)20(29)6-12;17-12-3-1-10(7-14(12)19)5-6-16-9-11-2-4-13(18)15(20)8-11;17-10-3-1-8(5-12(10)19)7-15-14(21)16-9-2-4-11(18)13(20)6-9/h1-4,7-10,16,23-30H,5-6,11H2;1-8,15,22-29H,9-10H2;1-4,7-8,16-20H,5-6,9H2;1-6,17-20H,7H2,(H2,15,16,21). The first kappa shape index (κ1) is 73.2. The van der Waals surface area contributed by atoms with E-state index in [1.807, 2.05) is 0 Å². The number of urea groups is 1. The lowest BCUT2D eigenvalue weighted by atomic mass is 9.91. The largest absolute Gasteiger partial charge is 0.508 e. The van der Waals surface area contributed by atoms with Gasteiger partial charge >= 0.3 is 6.03 Å². The summed E-state index contributed by atoms with van der Waals surface area (Å²) in [4.78, 5) is 11.7. The minimum Gasteiger partial charge on any atom is -0.508 e. The number of phenols is 20. The molecule has 2 aliphatic heterocycles. The lowest BCUT2D eigenvalue weighted by Gasteiger charge is -2.35. The van der Waals surface area contributed by atoms with Crippen LogP contribution in [-0.2, 0) is 45.3 Å². The van der Waals surface area contributed by atoms with Gasteiger partial charge in [-0.1, -0.05) is 42.5 Å². The van der Waals surface area contributed by atoms with Gasteiger partial charge in [-0.25, -0.2) is 4.79 Å². The van der Waals surface area contributed by atoms with E-state index in [9.17, 15) is 102 Å². The van der Waals surface area contributed by atoms with Crippen LogP contribution in [0.4, 0.5) is 10.5 Å². The van der Waals surface area contributed by atoms with Crippen molar-refractivity contribution in [2.45, 2.75) is 69.6 Å². The first-order valence-electron chi connectivity index (χ1n) is 31.4. The summed E-state index contributed by atoms with van der Waals surface area (Å²) in [6.45, 7) is 2.23. The number of hydrogen-bond donors (Lipinski definition) is 25. The zero-order chi connectivity index (χ0) is 73.5. The Balaban J connectivity index is 0.000000161. The third-order valence-corrected chi connectivity index (χ3v) is 16.3. The molecule has 12 rings (SSSR count). The summed E-state index contributed by atoms with van der Waals surface area (Å²) in [5.41, 5.74) is 6.54. The van der Waals surface area contributed by atoms with Crippen LogP contribution in [0.3, 0.4) is 0 Å². The average Bonchev–Trinajstić information content (AvgIpc) is 0.783. The molecule has 4 atom stereocenters. The van der Waals surface area contributed by atoms with Crippen molar-refractivity contribution in [2.24, 2.45) is 0 Å². The molecule has 10 aromatic carbocycles. The van der Waals surface area contributed by atoms with Gasteiger partial charge in [0.25, 0.3) is 0 Å². The Hall–Kier alpha value is -13.1. The summed E-state index contributed by atoms with van der Waals surface area (Å²) in [6, 6.07) is 39.7. The molecule has 2 amide bonds. The van der Waals surface area contributed by atoms with E-state index in [2.05, 4.69) is 26.6 Å². The fourth-order valence-electron chi connectivity index (χ4n) is 10.9. The number of ether oxygens (including phenoxy) is 2. The Bertz CT molecular complexity index is 4560. The summed E-state index contributed by atoms with van der Waals surface area (Å²) in [6.07, 6.45) is 0.862. The lowest BCUT2D eigenvalue weighted by molar-refractivity contribution is 0.130. The summed E-state index contributed by atoms with van der Waals surface area (Å²) in [5, 5.41) is 207. The maximum Gasteiger partial charge on any atom is 0.319 e. The van der Waals surface area contributed by atoms with E-state index in [1.165, 1.54) is 127 Å². The Labute approximate surface area is 581 Å². The summed E-state index contributed by atoms with van der Waals surface area (Å²) < 4.78 is 12.1. The fraction of sp³-hybridized carbons (Fsp3) is 0.176. The van der Waals surface area contributed by atoms with Gasteiger partial charge in [0.15, 0.2) is 92.0 Å².